The lowest BCUT2D eigenvalue weighted by molar-refractivity contribution is 0.101. The Morgan fingerprint density at radius 3 is 2.47 bits per heavy atom. The van der Waals surface area contributed by atoms with Crippen LogP contribution in [0.2, 0.25) is 5.02 Å². The average molecular weight is 421 g/mol. The van der Waals surface area contributed by atoms with Crippen LogP contribution in [0.5, 0.6) is 0 Å². The number of benzene rings is 3. The monoisotopic (exact) mass is 420 g/mol. The Kier molecular flexibility index (Phi) is 5.33. The summed E-state index contributed by atoms with van der Waals surface area (Å²) in [7, 11) is 0. The maximum Gasteiger partial charge on any atom is 0.295 e. The summed E-state index contributed by atoms with van der Waals surface area (Å²) in [4.78, 5) is 17.3. The zero-order chi connectivity index (χ0) is 21.3. The predicted octanol–water partition coefficient (Wildman–Crippen LogP) is 5.60. The molecule has 0 spiro atoms. The van der Waals surface area contributed by atoms with Crippen molar-refractivity contribution in [1.29, 1.82) is 0 Å². The first-order valence-electron chi connectivity index (χ1n) is 9.29. The summed E-state index contributed by atoms with van der Waals surface area (Å²) in [6.45, 7) is 3.82. The molecule has 1 N–H and O–H groups in total. The minimum atomic E-state index is -0.439. The van der Waals surface area contributed by atoms with E-state index in [1.807, 2.05) is 44.2 Å². The van der Waals surface area contributed by atoms with E-state index in [2.05, 4.69) is 15.4 Å². The molecular formula is C23H18ClFN4O. The first-order valence-corrected chi connectivity index (χ1v) is 9.66. The topological polar surface area (TPSA) is 59.8 Å². The van der Waals surface area contributed by atoms with E-state index < -0.39 is 5.91 Å². The van der Waals surface area contributed by atoms with Crippen molar-refractivity contribution in [3.8, 4) is 17.1 Å². The maximum atomic E-state index is 13.4. The lowest BCUT2D eigenvalue weighted by Gasteiger charge is -2.09. The van der Waals surface area contributed by atoms with Crippen molar-refractivity contribution in [1.82, 2.24) is 14.8 Å². The number of carbonyl (C=O) groups excluding carboxylic acids is 1. The molecule has 5 nitrogen and oxygen atoms in total. The van der Waals surface area contributed by atoms with Crippen LogP contribution >= 0.6 is 11.6 Å². The number of hydrogen-bond acceptors (Lipinski definition) is 3. The molecule has 1 amide bonds. The molecule has 0 aliphatic rings. The van der Waals surface area contributed by atoms with Crippen LogP contribution in [-0.4, -0.2) is 20.7 Å². The Hall–Kier alpha value is -3.51. The molecule has 4 aromatic rings. The molecule has 0 radical (unpaired) electrons. The second-order valence-corrected chi connectivity index (χ2v) is 7.31. The minimum absolute atomic E-state index is 0.00282. The largest absolute Gasteiger partial charge is 0.319 e. The molecule has 0 aliphatic carbocycles. The van der Waals surface area contributed by atoms with Crippen molar-refractivity contribution in [3.05, 3.63) is 94.5 Å². The summed E-state index contributed by atoms with van der Waals surface area (Å²) in [5, 5.41) is 7.82. The van der Waals surface area contributed by atoms with Gasteiger partial charge < -0.3 is 5.32 Å². The standard InChI is InChI=1S/C23H18ClFN4O/c1-14-5-3-4-6-19(14)26-23(30)21-27-22(16-8-11-18(25)12-9-16)29(28-21)20-13-17(24)10-7-15(20)2/h3-13H,1-2H3,(H,26,30). The number of hydrogen-bond donors (Lipinski definition) is 1. The molecule has 0 unspecified atom stereocenters. The molecule has 4 rings (SSSR count). The van der Waals surface area contributed by atoms with Crippen LogP contribution in [0.25, 0.3) is 17.1 Å². The van der Waals surface area contributed by atoms with Gasteiger partial charge in [-0.2, -0.15) is 0 Å². The Morgan fingerprint density at radius 1 is 1.00 bits per heavy atom. The van der Waals surface area contributed by atoms with Crippen LogP contribution in [0.4, 0.5) is 10.1 Å². The fourth-order valence-corrected chi connectivity index (χ4v) is 3.23. The van der Waals surface area contributed by atoms with E-state index >= 15 is 0 Å². The number of halogens is 2. The zero-order valence-electron chi connectivity index (χ0n) is 16.4. The summed E-state index contributed by atoms with van der Waals surface area (Å²) in [6, 6.07) is 18.7. The number of carbonyl (C=O) groups is 1. The van der Waals surface area contributed by atoms with E-state index in [4.69, 9.17) is 11.6 Å². The number of rotatable bonds is 4. The fourth-order valence-electron chi connectivity index (χ4n) is 3.06. The molecule has 0 saturated heterocycles. The van der Waals surface area contributed by atoms with E-state index in [0.717, 1.165) is 11.1 Å². The van der Waals surface area contributed by atoms with Crippen molar-refractivity contribution in [3.63, 3.8) is 0 Å². The number of nitrogens with zero attached hydrogens (tertiary/aromatic N) is 3. The Bertz CT molecular complexity index is 1230. The Labute approximate surface area is 178 Å². The minimum Gasteiger partial charge on any atom is -0.319 e. The van der Waals surface area contributed by atoms with Gasteiger partial charge in [0.05, 0.1) is 5.69 Å². The third kappa shape index (κ3) is 3.95. The van der Waals surface area contributed by atoms with E-state index in [0.29, 0.717) is 27.8 Å². The summed E-state index contributed by atoms with van der Waals surface area (Å²) >= 11 is 6.19. The molecule has 30 heavy (non-hydrogen) atoms. The summed E-state index contributed by atoms with van der Waals surface area (Å²) in [5.41, 5.74) is 3.82. The van der Waals surface area contributed by atoms with Crippen LogP contribution in [0, 0.1) is 19.7 Å². The van der Waals surface area contributed by atoms with Crippen LogP contribution in [0.3, 0.4) is 0 Å². The highest BCUT2D eigenvalue weighted by Crippen LogP contribution is 2.26. The van der Waals surface area contributed by atoms with Gasteiger partial charge in [0.25, 0.3) is 5.91 Å². The summed E-state index contributed by atoms with van der Waals surface area (Å²) in [6.07, 6.45) is 0. The molecule has 3 aromatic carbocycles. The van der Waals surface area contributed by atoms with Gasteiger partial charge in [-0.1, -0.05) is 35.9 Å². The van der Waals surface area contributed by atoms with Gasteiger partial charge in [-0.15, -0.1) is 5.10 Å². The predicted molar refractivity (Wildman–Crippen MR) is 116 cm³/mol. The molecule has 0 saturated carbocycles. The van der Waals surface area contributed by atoms with Gasteiger partial charge >= 0.3 is 0 Å². The second-order valence-electron chi connectivity index (χ2n) is 6.88. The van der Waals surface area contributed by atoms with Gasteiger partial charge in [0, 0.05) is 16.3 Å². The number of para-hydroxylation sites is 1. The Morgan fingerprint density at radius 2 is 1.73 bits per heavy atom. The highest BCUT2D eigenvalue weighted by atomic mass is 35.5. The van der Waals surface area contributed by atoms with Crippen molar-refractivity contribution >= 4 is 23.2 Å². The molecule has 0 atom stereocenters. The van der Waals surface area contributed by atoms with Gasteiger partial charge in [0.2, 0.25) is 5.82 Å². The number of aromatic nitrogens is 3. The van der Waals surface area contributed by atoms with E-state index in [9.17, 15) is 9.18 Å². The van der Waals surface area contributed by atoms with Crippen LogP contribution in [0.15, 0.2) is 66.7 Å². The van der Waals surface area contributed by atoms with Crippen molar-refractivity contribution in [2.45, 2.75) is 13.8 Å². The lowest BCUT2D eigenvalue weighted by atomic mass is 10.1. The van der Waals surface area contributed by atoms with Gasteiger partial charge in [-0.05, 0) is 67.4 Å². The highest BCUT2D eigenvalue weighted by Gasteiger charge is 2.20. The summed E-state index contributed by atoms with van der Waals surface area (Å²) < 4.78 is 15.0. The van der Waals surface area contributed by atoms with Crippen molar-refractivity contribution in [2.75, 3.05) is 5.32 Å². The molecule has 0 aliphatic heterocycles. The fraction of sp³-hybridized carbons (Fsp3) is 0.0870. The normalized spacial score (nSPS) is 10.8. The van der Waals surface area contributed by atoms with Gasteiger partial charge in [0.1, 0.15) is 5.82 Å². The van der Waals surface area contributed by atoms with Crippen molar-refractivity contribution < 1.29 is 9.18 Å². The van der Waals surface area contributed by atoms with Crippen LogP contribution in [-0.2, 0) is 0 Å². The quantitative estimate of drug-likeness (QED) is 0.467. The van der Waals surface area contributed by atoms with Gasteiger partial charge in [-0.3, -0.25) is 4.79 Å². The molecular weight excluding hydrogens is 403 g/mol. The maximum absolute atomic E-state index is 13.4. The molecule has 0 bridgehead atoms. The number of amides is 1. The third-order valence-electron chi connectivity index (χ3n) is 4.71. The van der Waals surface area contributed by atoms with Crippen LogP contribution < -0.4 is 5.32 Å². The second kappa shape index (κ2) is 8.08. The number of anilines is 1. The van der Waals surface area contributed by atoms with Crippen LogP contribution in [0.1, 0.15) is 21.7 Å². The first kappa shape index (κ1) is 19.8. The first-order chi connectivity index (χ1) is 14.4. The van der Waals surface area contributed by atoms with Gasteiger partial charge in [0.15, 0.2) is 5.82 Å². The molecule has 1 aromatic heterocycles. The van der Waals surface area contributed by atoms with Gasteiger partial charge in [-0.25, -0.2) is 14.1 Å². The smallest absolute Gasteiger partial charge is 0.295 e. The Balaban J connectivity index is 1.81. The average Bonchev–Trinajstić information content (AvgIpc) is 3.17. The third-order valence-corrected chi connectivity index (χ3v) is 4.94. The summed E-state index contributed by atoms with van der Waals surface area (Å²) in [5.74, 6) is -0.389. The van der Waals surface area contributed by atoms with E-state index in [1.54, 1.807) is 28.9 Å². The SMILES string of the molecule is Cc1ccccc1NC(=O)c1nc(-c2ccc(F)cc2)n(-c2cc(Cl)ccc2C)n1. The number of nitrogens with one attached hydrogen (secondary N) is 1. The number of aryl methyl sites for hydroxylation is 2. The molecule has 7 heteroatoms. The zero-order valence-corrected chi connectivity index (χ0v) is 17.1. The lowest BCUT2D eigenvalue weighted by Crippen LogP contribution is -2.15. The van der Waals surface area contributed by atoms with E-state index in [1.165, 1.54) is 12.1 Å². The molecule has 0 fully saturated rings. The van der Waals surface area contributed by atoms with Crippen molar-refractivity contribution in [2.24, 2.45) is 0 Å². The highest BCUT2D eigenvalue weighted by molar-refractivity contribution is 6.30. The molecule has 150 valence electrons. The molecule has 1 heterocycles. The van der Waals surface area contributed by atoms with E-state index in [-0.39, 0.29) is 11.6 Å².